The predicted molar refractivity (Wildman–Crippen MR) is 47.2 cm³/mol. The lowest BCUT2D eigenvalue weighted by Gasteiger charge is -2.10. The second kappa shape index (κ2) is 3.70. The molecule has 0 fully saturated rings. The maximum Gasteiger partial charge on any atom is 0.256 e. The highest BCUT2D eigenvalue weighted by atomic mass is 35.5. The molecular formula is C8H8ClFN2O. The Balaban J connectivity index is 3.15. The lowest BCUT2D eigenvalue weighted by atomic mass is 10.2. The van der Waals surface area contributed by atoms with Crippen LogP contribution in [0.1, 0.15) is 10.4 Å². The van der Waals surface area contributed by atoms with Crippen LogP contribution in [0.5, 0.6) is 0 Å². The van der Waals surface area contributed by atoms with Crippen molar-refractivity contribution in [3.8, 4) is 0 Å². The van der Waals surface area contributed by atoms with E-state index in [1.54, 1.807) is 0 Å². The Morgan fingerprint density at radius 2 is 2.23 bits per heavy atom. The summed E-state index contributed by atoms with van der Waals surface area (Å²) >= 11 is 5.41. The molecule has 0 radical (unpaired) electrons. The monoisotopic (exact) mass is 202 g/mol. The Labute approximate surface area is 80.1 Å². The maximum absolute atomic E-state index is 13.2. The topological polar surface area (TPSA) is 33.2 Å². The van der Waals surface area contributed by atoms with Gasteiger partial charge in [0, 0.05) is 20.3 Å². The zero-order valence-corrected chi connectivity index (χ0v) is 7.97. The largest absolute Gasteiger partial charge is 0.345 e. The van der Waals surface area contributed by atoms with E-state index in [9.17, 15) is 9.18 Å². The van der Waals surface area contributed by atoms with Gasteiger partial charge in [-0.15, -0.1) is 0 Å². The van der Waals surface area contributed by atoms with Gasteiger partial charge in [0.15, 0.2) is 11.0 Å². The van der Waals surface area contributed by atoms with Crippen LogP contribution in [-0.2, 0) is 0 Å². The Morgan fingerprint density at radius 3 is 2.77 bits per heavy atom. The average Bonchev–Trinajstić information content (AvgIpc) is 2.08. The molecule has 0 N–H and O–H groups in total. The first kappa shape index (κ1) is 9.92. The van der Waals surface area contributed by atoms with E-state index in [0.717, 1.165) is 0 Å². The van der Waals surface area contributed by atoms with E-state index in [0.29, 0.717) is 0 Å². The molecule has 0 aliphatic rings. The minimum atomic E-state index is -0.775. The SMILES string of the molecule is CN(C)C(=O)c1ccnc(Cl)c1F. The fraction of sp³-hybridized carbons (Fsp3) is 0.250. The van der Waals surface area contributed by atoms with Crippen LogP contribution in [0.4, 0.5) is 4.39 Å². The molecule has 0 unspecified atom stereocenters. The molecule has 0 atom stereocenters. The van der Waals surface area contributed by atoms with Crippen LogP contribution in [0.2, 0.25) is 5.15 Å². The van der Waals surface area contributed by atoms with E-state index in [1.807, 2.05) is 0 Å². The van der Waals surface area contributed by atoms with E-state index >= 15 is 0 Å². The van der Waals surface area contributed by atoms with Gasteiger partial charge in [-0.05, 0) is 6.07 Å². The second-order valence-corrected chi connectivity index (χ2v) is 3.02. The molecule has 0 bridgehead atoms. The summed E-state index contributed by atoms with van der Waals surface area (Å²) in [5, 5.41) is -0.285. The molecule has 0 aliphatic heterocycles. The van der Waals surface area contributed by atoms with Crippen LogP contribution in [-0.4, -0.2) is 29.9 Å². The van der Waals surface area contributed by atoms with Crippen LogP contribution in [0.25, 0.3) is 0 Å². The fourth-order valence-electron chi connectivity index (χ4n) is 0.824. The summed E-state index contributed by atoms with van der Waals surface area (Å²) in [4.78, 5) is 16.1. The normalized spacial score (nSPS) is 9.85. The molecule has 0 saturated carbocycles. The second-order valence-electron chi connectivity index (χ2n) is 2.66. The number of hydrogen-bond donors (Lipinski definition) is 0. The van der Waals surface area contributed by atoms with Crippen LogP contribution in [0.3, 0.4) is 0 Å². The van der Waals surface area contributed by atoms with E-state index < -0.39 is 11.7 Å². The summed E-state index contributed by atoms with van der Waals surface area (Å²) in [5.41, 5.74) is -0.0648. The highest BCUT2D eigenvalue weighted by Crippen LogP contribution is 2.15. The molecule has 0 spiro atoms. The third-order valence-electron chi connectivity index (χ3n) is 1.48. The van der Waals surface area contributed by atoms with Gasteiger partial charge < -0.3 is 4.90 Å². The number of rotatable bonds is 1. The van der Waals surface area contributed by atoms with Gasteiger partial charge in [-0.1, -0.05) is 11.6 Å². The molecule has 0 aromatic carbocycles. The fourth-order valence-corrected chi connectivity index (χ4v) is 0.982. The zero-order valence-electron chi connectivity index (χ0n) is 7.21. The third-order valence-corrected chi connectivity index (χ3v) is 1.75. The molecule has 5 heteroatoms. The molecule has 3 nitrogen and oxygen atoms in total. The lowest BCUT2D eigenvalue weighted by molar-refractivity contribution is 0.0823. The molecule has 1 aromatic rings. The summed E-state index contributed by atoms with van der Waals surface area (Å²) in [5.74, 6) is -1.20. The van der Waals surface area contributed by atoms with E-state index in [2.05, 4.69) is 4.98 Å². The van der Waals surface area contributed by atoms with Gasteiger partial charge in [-0.25, -0.2) is 9.37 Å². The van der Waals surface area contributed by atoms with Crippen molar-refractivity contribution in [1.82, 2.24) is 9.88 Å². The standard InChI is InChI=1S/C8H8ClFN2O/c1-12(2)8(13)5-3-4-11-7(9)6(5)10/h3-4H,1-2H3. The van der Waals surface area contributed by atoms with Crippen LogP contribution < -0.4 is 0 Å². The number of pyridine rings is 1. The summed E-state index contributed by atoms with van der Waals surface area (Å²) < 4.78 is 13.2. The first-order valence-electron chi connectivity index (χ1n) is 3.55. The molecule has 1 amide bonds. The molecule has 0 aliphatic carbocycles. The van der Waals surface area contributed by atoms with Crippen LogP contribution in [0, 0.1) is 5.82 Å². The molecule has 70 valence electrons. The number of amides is 1. The molecule has 1 heterocycles. The Bertz CT molecular complexity index is 341. The molecule has 1 aromatic heterocycles. The minimum Gasteiger partial charge on any atom is -0.345 e. The minimum absolute atomic E-state index is 0.0648. The number of carbonyl (C=O) groups is 1. The predicted octanol–water partition coefficient (Wildman–Crippen LogP) is 1.58. The van der Waals surface area contributed by atoms with Crippen molar-refractivity contribution in [2.45, 2.75) is 0 Å². The van der Waals surface area contributed by atoms with Gasteiger partial charge in [-0.2, -0.15) is 0 Å². The van der Waals surface area contributed by atoms with E-state index in [4.69, 9.17) is 11.6 Å². The number of aromatic nitrogens is 1. The van der Waals surface area contributed by atoms with Gasteiger partial charge in [0.05, 0.1) is 5.56 Å². The summed E-state index contributed by atoms with van der Waals surface area (Å²) in [6.07, 6.45) is 1.29. The first-order valence-corrected chi connectivity index (χ1v) is 3.93. The Kier molecular flexibility index (Phi) is 2.83. The summed E-state index contributed by atoms with van der Waals surface area (Å²) in [7, 11) is 3.08. The number of carbonyl (C=O) groups excluding carboxylic acids is 1. The quantitative estimate of drug-likeness (QED) is 0.648. The summed E-state index contributed by atoms with van der Waals surface area (Å²) in [6.45, 7) is 0. The van der Waals surface area contributed by atoms with Crippen molar-refractivity contribution >= 4 is 17.5 Å². The zero-order chi connectivity index (χ0) is 10.0. The number of nitrogens with zero attached hydrogens (tertiary/aromatic N) is 2. The van der Waals surface area contributed by atoms with E-state index in [1.165, 1.54) is 31.3 Å². The average molecular weight is 203 g/mol. The van der Waals surface area contributed by atoms with Crippen molar-refractivity contribution in [3.63, 3.8) is 0 Å². The van der Waals surface area contributed by atoms with Crippen molar-refractivity contribution in [3.05, 3.63) is 28.8 Å². The van der Waals surface area contributed by atoms with Gasteiger partial charge in [0.2, 0.25) is 0 Å². The molecular weight excluding hydrogens is 195 g/mol. The third kappa shape index (κ3) is 1.95. The molecule has 13 heavy (non-hydrogen) atoms. The van der Waals surface area contributed by atoms with Gasteiger partial charge in [0.25, 0.3) is 5.91 Å². The van der Waals surface area contributed by atoms with Gasteiger partial charge in [0.1, 0.15) is 0 Å². The van der Waals surface area contributed by atoms with Crippen molar-refractivity contribution < 1.29 is 9.18 Å². The number of halogens is 2. The number of hydrogen-bond acceptors (Lipinski definition) is 2. The molecule has 1 rings (SSSR count). The van der Waals surface area contributed by atoms with Gasteiger partial charge >= 0.3 is 0 Å². The highest BCUT2D eigenvalue weighted by Gasteiger charge is 2.15. The highest BCUT2D eigenvalue weighted by molar-refractivity contribution is 6.29. The van der Waals surface area contributed by atoms with Crippen molar-refractivity contribution in [2.24, 2.45) is 0 Å². The molecule has 0 saturated heterocycles. The van der Waals surface area contributed by atoms with Crippen molar-refractivity contribution in [1.29, 1.82) is 0 Å². The summed E-state index contributed by atoms with van der Waals surface area (Å²) in [6, 6.07) is 1.30. The first-order chi connectivity index (χ1) is 6.04. The van der Waals surface area contributed by atoms with Crippen LogP contribution >= 0.6 is 11.6 Å². The van der Waals surface area contributed by atoms with Gasteiger partial charge in [-0.3, -0.25) is 4.79 Å². The van der Waals surface area contributed by atoms with E-state index in [-0.39, 0.29) is 10.7 Å². The Hall–Kier alpha value is -1.16. The van der Waals surface area contributed by atoms with Crippen molar-refractivity contribution in [2.75, 3.05) is 14.1 Å². The maximum atomic E-state index is 13.2. The lowest BCUT2D eigenvalue weighted by Crippen LogP contribution is -2.23. The Morgan fingerprint density at radius 1 is 1.62 bits per heavy atom. The van der Waals surface area contributed by atoms with Crippen LogP contribution in [0.15, 0.2) is 12.3 Å². The smallest absolute Gasteiger partial charge is 0.256 e.